The third kappa shape index (κ3) is 14.3. The molecule has 4 rings (SSSR count). The highest BCUT2D eigenvalue weighted by Crippen LogP contribution is 2.37. The first-order chi connectivity index (χ1) is 29.9. The van der Waals surface area contributed by atoms with Crippen molar-refractivity contribution in [3.63, 3.8) is 0 Å². The van der Waals surface area contributed by atoms with E-state index in [1.807, 2.05) is 65.0 Å². The number of hydrogen-bond acceptors (Lipinski definition) is 11. The van der Waals surface area contributed by atoms with Crippen LogP contribution in [0.2, 0.25) is 0 Å². The fraction of sp³-hybridized carbons (Fsp3) is 0.745. The number of allylic oxidation sites excluding steroid dienone is 6. The highest BCUT2D eigenvalue weighted by atomic mass is 16.6. The molecule has 3 aliphatic heterocycles. The predicted molar refractivity (Wildman–Crippen MR) is 242 cm³/mol. The van der Waals surface area contributed by atoms with E-state index in [-0.39, 0.29) is 73.3 Å². The van der Waals surface area contributed by atoms with Gasteiger partial charge in [0.1, 0.15) is 24.0 Å². The van der Waals surface area contributed by atoms with Crippen molar-refractivity contribution < 1.29 is 52.8 Å². The molecule has 0 aromatic rings. The lowest BCUT2D eigenvalue weighted by molar-refractivity contribution is -0.265. The van der Waals surface area contributed by atoms with Crippen molar-refractivity contribution in [2.45, 2.75) is 181 Å². The molecule has 4 aliphatic rings. The van der Waals surface area contributed by atoms with Crippen LogP contribution in [0.4, 0.5) is 0 Å². The lowest BCUT2D eigenvalue weighted by Crippen LogP contribution is -2.61. The Morgan fingerprint density at radius 2 is 1.59 bits per heavy atom. The fourth-order valence-corrected chi connectivity index (χ4v) is 10.1. The van der Waals surface area contributed by atoms with Gasteiger partial charge in [-0.15, -0.1) is 0 Å². The molecule has 3 heterocycles. The van der Waals surface area contributed by atoms with Crippen LogP contribution in [0.25, 0.3) is 0 Å². The number of methoxy groups -OCH3 is 3. The number of fused-ring (bicyclic) bond motifs is 3. The molecule has 1 aliphatic carbocycles. The van der Waals surface area contributed by atoms with Crippen LogP contribution in [0.5, 0.6) is 0 Å². The Morgan fingerprint density at radius 3 is 2.29 bits per heavy atom. The number of cyclic esters (lactones) is 1. The van der Waals surface area contributed by atoms with Crippen LogP contribution < -0.4 is 0 Å². The highest BCUT2D eigenvalue weighted by molar-refractivity contribution is 6.39. The summed E-state index contributed by atoms with van der Waals surface area (Å²) in [7, 11) is 4.88. The minimum Gasteiger partial charge on any atom is -0.460 e. The van der Waals surface area contributed by atoms with Crippen LogP contribution in [-0.4, -0.2) is 109 Å². The van der Waals surface area contributed by atoms with Crippen LogP contribution in [0.3, 0.4) is 0 Å². The molecule has 2 unspecified atom stereocenters. The molecule has 12 heteroatoms. The molecule has 1 N–H and O–H groups in total. The summed E-state index contributed by atoms with van der Waals surface area (Å²) in [4.78, 5) is 71.5. The molecule has 0 aromatic heterocycles. The molecule has 3 fully saturated rings. The fourth-order valence-electron chi connectivity index (χ4n) is 10.1. The lowest BCUT2D eigenvalue weighted by atomic mass is 9.79. The number of amides is 1. The van der Waals surface area contributed by atoms with Gasteiger partial charge in [-0.2, -0.15) is 0 Å². The van der Waals surface area contributed by atoms with Gasteiger partial charge >= 0.3 is 5.97 Å². The summed E-state index contributed by atoms with van der Waals surface area (Å²) in [5.74, 6) is -6.17. The van der Waals surface area contributed by atoms with Gasteiger partial charge in [0.15, 0.2) is 5.78 Å². The number of Topliss-reactive ketones (excluding diaryl/α,β-unsaturated/α-hetero) is 3. The van der Waals surface area contributed by atoms with Gasteiger partial charge in [-0.25, -0.2) is 4.79 Å². The Kier molecular flexibility index (Phi) is 20.6. The molecular formula is C51H79NO11. The maximum absolute atomic E-state index is 14.3. The average Bonchev–Trinajstić information content (AvgIpc) is 3.27. The molecule has 1 saturated carbocycles. The smallest absolute Gasteiger partial charge is 0.329 e. The highest BCUT2D eigenvalue weighted by Gasteiger charge is 2.53. The second-order valence-electron chi connectivity index (χ2n) is 19.3. The Hall–Kier alpha value is -3.29. The van der Waals surface area contributed by atoms with E-state index >= 15 is 0 Å². The molecule has 1 amide bonds. The topological polar surface area (TPSA) is 155 Å². The van der Waals surface area contributed by atoms with E-state index in [1.54, 1.807) is 28.3 Å². The largest absolute Gasteiger partial charge is 0.460 e. The quantitative estimate of drug-likeness (QED) is 0.156. The molecule has 63 heavy (non-hydrogen) atoms. The van der Waals surface area contributed by atoms with E-state index in [4.69, 9.17) is 23.7 Å². The number of hydrogen-bond donors (Lipinski definition) is 1. The standard InChI is InChI=1S/C51H79NO11/c1-32-17-12-11-13-18-34(3)44(60-9)31-42-25-23-37(6)51(58,63-42)48(55)49(56)52-26-15-14-21-43(52)50(57)62-45(35(4)28-39-19-16-20-41(29-39)59-8)30-40(53)24-22-33(2)38(7)47(61-10)46(54)36(5)27-32/h11-13,17-18,22,32,35-39,41-45,47,58H,14-16,19-21,23-31H2,1-10H3/b13-11+,17-12+,33-22+,34-18+/t32-,35-,36-,37-,38-,39+,41+,42+,43+,44+,45?,47?,51-/m1/s1. The second-order valence-corrected chi connectivity index (χ2v) is 19.3. The van der Waals surface area contributed by atoms with Crippen LogP contribution in [0, 0.1) is 35.5 Å². The van der Waals surface area contributed by atoms with Gasteiger partial charge in [0.25, 0.3) is 11.7 Å². The number of piperidine rings is 1. The molecule has 2 saturated heterocycles. The van der Waals surface area contributed by atoms with E-state index in [9.17, 15) is 29.1 Å². The predicted octanol–water partition coefficient (Wildman–Crippen LogP) is 8.24. The van der Waals surface area contributed by atoms with Gasteiger partial charge in [0, 0.05) is 64.9 Å². The van der Waals surface area contributed by atoms with Gasteiger partial charge in [0.2, 0.25) is 5.79 Å². The van der Waals surface area contributed by atoms with Crippen molar-refractivity contribution in [1.82, 2.24) is 4.90 Å². The van der Waals surface area contributed by atoms with Crippen molar-refractivity contribution in [2.75, 3.05) is 27.9 Å². The maximum Gasteiger partial charge on any atom is 0.329 e. The summed E-state index contributed by atoms with van der Waals surface area (Å²) >= 11 is 0. The first-order valence-corrected chi connectivity index (χ1v) is 23.7. The third-order valence-electron chi connectivity index (χ3n) is 14.5. The number of carbonyl (C=O) groups is 5. The number of ketones is 3. The maximum atomic E-state index is 14.3. The summed E-state index contributed by atoms with van der Waals surface area (Å²) in [5.41, 5.74) is 1.77. The molecule has 13 atom stereocenters. The number of aliphatic hydroxyl groups is 1. The Balaban J connectivity index is 1.67. The summed E-state index contributed by atoms with van der Waals surface area (Å²) in [5, 5.41) is 11.9. The van der Waals surface area contributed by atoms with Crippen molar-refractivity contribution in [1.29, 1.82) is 0 Å². The molecule has 354 valence electrons. The SMILES string of the molecule is COC1C(=O)[C@H](C)C[C@H](C)/C=C/C=C/C=C(\C)[C@@H](OC)C[C@@H]2CC[C@@H](C)[C@@](O)(O2)C(=O)C(=O)N2CCCC[C@H]2C(=O)OC([C@H](C)C[C@@H]2CCC[C@H](OC)C2)CC(=O)C/C=C(\C)[C@H]1C. The average molecular weight is 882 g/mol. The van der Waals surface area contributed by atoms with Crippen LogP contribution in [0.1, 0.15) is 138 Å². The molecule has 0 radical (unpaired) electrons. The van der Waals surface area contributed by atoms with Gasteiger partial charge in [0.05, 0.1) is 18.3 Å². The first kappa shape index (κ1) is 52.3. The summed E-state index contributed by atoms with van der Waals surface area (Å²) in [6.45, 7) is 13.6. The minimum atomic E-state index is -2.39. The third-order valence-corrected chi connectivity index (χ3v) is 14.5. The van der Waals surface area contributed by atoms with Crippen molar-refractivity contribution in [3.05, 3.63) is 47.6 Å². The van der Waals surface area contributed by atoms with E-state index in [2.05, 4.69) is 13.0 Å². The lowest BCUT2D eigenvalue weighted by Gasteiger charge is -2.42. The molecule has 0 aromatic carbocycles. The number of ether oxygens (including phenoxy) is 5. The Labute approximate surface area is 377 Å². The summed E-state index contributed by atoms with van der Waals surface area (Å²) in [6.07, 6.45) is 17.6. The number of nitrogens with zero attached hydrogens (tertiary/aromatic N) is 1. The zero-order valence-electron chi connectivity index (χ0n) is 40.0. The zero-order chi connectivity index (χ0) is 46.4. The Morgan fingerprint density at radius 1 is 0.841 bits per heavy atom. The van der Waals surface area contributed by atoms with Crippen LogP contribution in [-0.2, 0) is 47.7 Å². The van der Waals surface area contributed by atoms with Gasteiger partial charge in [-0.3, -0.25) is 19.2 Å². The summed E-state index contributed by atoms with van der Waals surface area (Å²) < 4.78 is 29.8. The molecule has 0 spiro atoms. The Bertz CT molecular complexity index is 1680. The van der Waals surface area contributed by atoms with Crippen LogP contribution >= 0.6 is 0 Å². The minimum absolute atomic E-state index is 0.0130. The van der Waals surface area contributed by atoms with E-state index in [0.717, 1.165) is 43.3 Å². The van der Waals surface area contributed by atoms with Crippen molar-refractivity contribution in [2.24, 2.45) is 35.5 Å². The number of esters is 1. The number of carbonyl (C=O) groups excluding carboxylic acids is 5. The normalized spacial score (nSPS) is 38.9. The van der Waals surface area contributed by atoms with Gasteiger partial charge < -0.3 is 33.7 Å². The van der Waals surface area contributed by atoms with Gasteiger partial charge in [-0.05, 0) is 95.0 Å². The van der Waals surface area contributed by atoms with E-state index in [1.165, 1.54) is 4.90 Å². The van der Waals surface area contributed by atoms with E-state index < -0.39 is 53.7 Å². The first-order valence-electron chi connectivity index (χ1n) is 23.7. The second kappa shape index (κ2) is 24.8. The summed E-state index contributed by atoms with van der Waals surface area (Å²) in [6, 6.07) is -1.06. The van der Waals surface area contributed by atoms with Crippen molar-refractivity contribution in [3.8, 4) is 0 Å². The molecule has 2 bridgehead atoms. The van der Waals surface area contributed by atoms with E-state index in [0.29, 0.717) is 44.4 Å². The molecular weight excluding hydrogens is 803 g/mol. The monoisotopic (exact) mass is 882 g/mol. The number of rotatable bonds is 6. The van der Waals surface area contributed by atoms with Gasteiger partial charge in [-0.1, -0.05) is 89.5 Å². The van der Waals surface area contributed by atoms with Crippen molar-refractivity contribution >= 4 is 29.2 Å². The molecule has 12 nitrogen and oxygen atoms in total. The van der Waals surface area contributed by atoms with Crippen LogP contribution in [0.15, 0.2) is 47.6 Å². The zero-order valence-corrected chi connectivity index (χ0v) is 40.0.